The van der Waals surface area contributed by atoms with Crippen molar-refractivity contribution >= 4 is 71.1 Å². The van der Waals surface area contributed by atoms with Gasteiger partial charge in [0.05, 0.1) is 12.8 Å². The Morgan fingerprint density at radius 1 is 0.769 bits per heavy atom. The second-order valence-electron chi connectivity index (χ2n) is 6.37. The number of carbonyl (C=O) groups excluding carboxylic acids is 1. The van der Waals surface area contributed by atoms with E-state index in [0.29, 0.717) is 0 Å². The Hall–Kier alpha value is 0.680. The molecule has 0 aromatic rings. The van der Waals surface area contributed by atoms with Crippen LogP contribution in [0.15, 0.2) is 12.2 Å². The fourth-order valence-electron chi connectivity index (χ4n) is 2.53. The maximum atomic E-state index is 11.2. The molecule has 144 valence electrons. The number of rotatable bonds is 17. The quantitative estimate of drug-likeness (QED) is 0.174. The van der Waals surface area contributed by atoms with E-state index in [4.69, 9.17) is 9.84 Å². The molecule has 0 aromatic heterocycles. The maximum absolute atomic E-state index is 11.2. The van der Waals surface area contributed by atoms with Crippen LogP contribution in [0, 0.1) is 0 Å². The second kappa shape index (κ2) is 25.7. The predicted octanol–water partition coefficient (Wildman–Crippen LogP) is 4.35. The minimum atomic E-state index is -0.973. The van der Waals surface area contributed by atoms with E-state index < -0.39 is 11.9 Å². The van der Waals surface area contributed by atoms with Crippen LogP contribution < -0.4 is 0 Å². The molecule has 6 heteroatoms. The molecule has 26 heavy (non-hydrogen) atoms. The Morgan fingerprint density at radius 2 is 1.27 bits per heavy atom. The van der Waals surface area contributed by atoms with Gasteiger partial charge in [0, 0.05) is 0 Å². The van der Waals surface area contributed by atoms with Gasteiger partial charge in [-0.2, -0.15) is 0 Å². The molecule has 0 unspecified atom stereocenters. The molecule has 0 fully saturated rings. The van der Waals surface area contributed by atoms with Gasteiger partial charge in [-0.15, -0.1) is 0 Å². The summed E-state index contributed by atoms with van der Waals surface area (Å²) in [5.74, 6) is -1.42. The summed E-state index contributed by atoms with van der Waals surface area (Å²) in [7, 11) is 0. The van der Waals surface area contributed by atoms with Crippen LogP contribution >= 0.6 is 0 Å². The first-order valence-corrected chi connectivity index (χ1v) is 9.69. The third kappa shape index (κ3) is 26.9. The van der Waals surface area contributed by atoms with Crippen molar-refractivity contribution in [1.29, 1.82) is 0 Å². The number of carboxylic acid groups (broad SMARTS) is 1. The van der Waals surface area contributed by atoms with Crippen LogP contribution in [0.25, 0.3) is 0 Å². The Labute approximate surface area is 204 Å². The molecule has 0 aromatic carbocycles. The first-order chi connectivity index (χ1) is 11.7. The number of aliphatic carboxylic acids is 1. The Kier molecular flexibility index (Phi) is 31.0. The molecule has 0 aliphatic rings. The molecule has 1 N–H and O–H groups in total. The van der Waals surface area contributed by atoms with E-state index >= 15 is 0 Å². The Bertz CT molecular complexity index is 347. The summed E-state index contributed by atoms with van der Waals surface area (Å²) in [6.45, 7) is 2.50. The summed E-state index contributed by atoms with van der Waals surface area (Å²) in [6.07, 6.45) is 19.4. The van der Waals surface area contributed by atoms with Crippen LogP contribution in [-0.2, 0) is 14.3 Å². The van der Waals surface area contributed by atoms with Crippen molar-refractivity contribution in [3.8, 4) is 0 Å². The molecule has 0 bridgehead atoms. The molecule has 0 spiro atoms. The van der Waals surface area contributed by atoms with Crippen LogP contribution in [0.5, 0.6) is 0 Å². The van der Waals surface area contributed by atoms with E-state index in [1.807, 2.05) is 12.2 Å². The number of carbonyl (C=O) groups is 2. The summed E-state index contributed by atoms with van der Waals surface area (Å²) in [5, 5.41) is 8.44. The Balaban J connectivity index is -0.00000264. The van der Waals surface area contributed by atoms with E-state index in [9.17, 15) is 9.59 Å². The zero-order valence-corrected chi connectivity index (χ0v) is 15.4. The van der Waals surface area contributed by atoms with Gasteiger partial charge < -0.3 is 9.84 Å². The van der Waals surface area contributed by atoms with Gasteiger partial charge in [0.2, 0.25) is 0 Å². The summed E-state index contributed by atoms with van der Waals surface area (Å²) >= 11 is 0. The molecule has 0 heterocycles. The minimum absolute atomic E-state index is 0. The summed E-state index contributed by atoms with van der Waals surface area (Å²) in [6, 6.07) is 0. The Morgan fingerprint density at radius 3 is 1.77 bits per heavy atom. The van der Waals surface area contributed by atoms with E-state index in [0.717, 1.165) is 6.42 Å². The molecule has 0 rings (SSSR count). The van der Waals surface area contributed by atoms with Crippen LogP contribution in [0.1, 0.15) is 96.8 Å². The third-order valence-corrected chi connectivity index (χ3v) is 4.02. The molecule has 0 radical (unpaired) electrons. The molecule has 0 saturated carbocycles. The first kappa shape index (κ1) is 31.4. The molecule has 4 nitrogen and oxygen atoms in total. The normalized spacial score (nSPS) is 10.2. The second-order valence-corrected chi connectivity index (χ2v) is 6.37. The molecule has 0 aliphatic heterocycles. The van der Waals surface area contributed by atoms with Crippen LogP contribution in [-0.4, -0.2) is 82.8 Å². The first-order valence-electron chi connectivity index (χ1n) is 9.69. The topological polar surface area (TPSA) is 63.6 Å². The van der Waals surface area contributed by atoms with Crippen LogP contribution in [0.3, 0.4) is 0 Å². The molecule has 0 aliphatic carbocycles. The van der Waals surface area contributed by atoms with E-state index in [1.165, 1.54) is 70.6 Å². The summed E-state index contributed by atoms with van der Waals surface area (Å²) in [5.41, 5.74) is 0. The predicted molar refractivity (Wildman–Crippen MR) is 112 cm³/mol. The number of esters is 1. The number of hydrogen-bond donors (Lipinski definition) is 1. The molecular weight excluding hydrogens is 350 g/mol. The van der Waals surface area contributed by atoms with Gasteiger partial charge in [0.25, 0.3) is 0 Å². The van der Waals surface area contributed by atoms with E-state index in [1.54, 1.807) is 0 Å². The van der Waals surface area contributed by atoms with Crippen LogP contribution in [0.4, 0.5) is 0 Å². The van der Waals surface area contributed by atoms with Crippen LogP contribution in [0.2, 0.25) is 0 Å². The van der Waals surface area contributed by atoms with Crippen molar-refractivity contribution in [3.05, 3.63) is 12.2 Å². The number of unbranched alkanes of at least 4 members (excludes halogenated alkanes) is 11. The van der Waals surface area contributed by atoms with Gasteiger partial charge in [-0.25, -0.2) is 0 Å². The summed E-state index contributed by atoms with van der Waals surface area (Å²) in [4.78, 5) is 21.5. The van der Waals surface area contributed by atoms with Crippen molar-refractivity contribution < 1.29 is 19.4 Å². The van der Waals surface area contributed by atoms with E-state index in [2.05, 4.69) is 6.92 Å². The number of allylic oxidation sites excluding steroid dienone is 1. The molecular formula is C20H38Na2O4. The van der Waals surface area contributed by atoms with Gasteiger partial charge in [0.1, 0.15) is 6.61 Å². The average molecular weight is 389 g/mol. The van der Waals surface area contributed by atoms with Gasteiger partial charge in [-0.05, 0) is 12.8 Å². The van der Waals surface area contributed by atoms with Gasteiger partial charge in [0.15, 0.2) is 0 Å². The SMILES string of the molecule is CCCCCCCCCCCCCC=CCOC(=O)CCC(=O)O.[NaH].[NaH]. The van der Waals surface area contributed by atoms with Crippen molar-refractivity contribution in [2.75, 3.05) is 6.61 Å². The van der Waals surface area contributed by atoms with Crippen molar-refractivity contribution in [2.45, 2.75) is 96.8 Å². The fourth-order valence-corrected chi connectivity index (χ4v) is 2.53. The average Bonchev–Trinajstić information content (AvgIpc) is 2.56. The molecule has 0 atom stereocenters. The summed E-state index contributed by atoms with van der Waals surface area (Å²) < 4.78 is 4.91. The van der Waals surface area contributed by atoms with Gasteiger partial charge in [-0.1, -0.05) is 83.3 Å². The van der Waals surface area contributed by atoms with E-state index in [-0.39, 0.29) is 78.6 Å². The molecule has 0 saturated heterocycles. The van der Waals surface area contributed by atoms with Crippen molar-refractivity contribution in [1.82, 2.24) is 0 Å². The zero-order valence-electron chi connectivity index (χ0n) is 15.4. The van der Waals surface area contributed by atoms with Crippen molar-refractivity contribution in [2.24, 2.45) is 0 Å². The monoisotopic (exact) mass is 388 g/mol. The standard InChI is InChI=1S/C20H36O4.2Na.2H/c1-2-3-4-5-6-7-8-9-10-11-12-13-14-15-18-24-20(23)17-16-19(21)22;;;;/h14-15H,2-13,16-18H2,1H3,(H,21,22);;;;. The fraction of sp³-hybridized carbons (Fsp3) is 0.800. The third-order valence-electron chi connectivity index (χ3n) is 4.02. The zero-order chi connectivity index (χ0) is 17.9. The number of ether oxygens (including phenoxy) is 1. The number of hydrogen-bond acceptors (Lipinski definition) is 3. The van der Waals surface area contributed by atoms with Gasteiger partial charge >= 0.3 is 71.1 Å². The number of carboxylic acids is 1. The van der Waals surface area contributed by atoms with Gasteiger partial charge in [-0.3, -0.25) is 9.59 Å². The molecule has 0 amide bonds. The van der Waals surface area contributed by atoms with Crippen molar-refractivity contribution in [3.63, 3.8) is 0 Å².